The molecule has 0 saturated carbocycles. The van der Waals surface area contributed by atoms with Gasteiger partial charge in [-0.1, -0.05) is 17.7 Å². The highest BCUT2D eigenvalue weighted by Crippen LogP contribution is 2.19. The number of nitrogens with zero attached hydrogens (tertiary/aromatic N) is 3. The van der Waals surface area contributed by atoms with E-state index in [2.05, 4.69) is 10.1 Å². The summed E-state index contributed by atoms with van der Waals surface area (Å²) in [7, 11) is 0. The van der Waals surface area contributed by atoms with Crippen molar-refractivity contribution in [3.63, 3.8) is 0 Å². The van der Waals surface area contributed by atoms with Gasteiger partial charge in [-0.25, -0.2) is 0 Å². The lowest BCUT2D eigenvalue weighted by molar-refractivity contribution is 0.644. The fraction of sp³-hybridized carbons (Fsp3) is 0.333. The molecule has 17 heavy (non-hydrogen) atoms. The van der Waals surface area contributed by atoms with E-state index < -0.39 is 0 Å². The van der Waals surface area contributed by atoms with Crippen molar-refractivity contribution in [3.05, 3.63) is 46.0 Å². The lowest BCUT2D eigenvalue weighted by Gasteiger charge is -2.05. The van der Waals surface area contributed by atoms with Crippen LogP contribution in [0.4, 0.5) is 0 Å². The smallest absolute Gasteiger partial charge is 0.0844 e. The average molecular weight is 251 g/mol. The van der Waals surface area contributed by atoms with Crippen LogP contribution in [0, 0.1) is 13.8 Å². The molecular formula is C12H15ClN4. The minimum absolute atomic E-state index is 0.450. The third kappa shape index (κ3) is 2.48. The number of pyridine rings is 1. The van der Waals surface area contributed by atoms with E-state index >= 15 is 0 Å². The Labute approximate surface area is 105 Å². The zero-order chi connectivity index (χ0) is 12.4. The van der Waals surface area contributed by atoms with Gasteiger partial charge in [0.15, 0.2) is 0 Å². The fourth-order valence-electron chi connectivity index (χ4n) is 1.71. The first-order valence-corrected chi connectivity index (χ1v) is 5.84. The lowest BCUT2D eigenvalue weighted by Crippen LogP contribution is -2.08. The van der Waals surface area contributed by atoms with Gasteiger partial charge in [0.1, 0.15) is 0 Å². The van der Waals surface area contributed by atoms with Gasteiger partial charge in [-0.15, -0.1) is 0 Å². The monoisotopic (exact) mass is 250 g/mol. The second kappa shape index (κ2) is 4.85. The second-order valence-corrected chi connectivity index (χ2v) is 4.34. The molecule has 2 aromatic rings. The topological polar surface area (TPSA) is 56.7 Å². The van der Waals surface area contributed by atoms with Crippen LogP contribution >= 0.6 is 11.6 Å². The first kappa shape index (κ1) is 12.1. The molecule has 0 spiro atoms. The summed E-state index contributed by atoms with van der Waals surface area (Å²) in [5.74, 6) is 0. The maximum atomic E-state index is 6.10. The minimum Gasteiger partial charge on any atom is -0.325 e. The number of rotatable bonds is 3. The fourth-order valence-corrected chi connectivity index (χ4v) is 1.85. The Morgan fingerprint density at radius 3 is 2.59 bits per heavy atom. The van der Waals surface area contributed by atoms with Gasteiger partial charge in [0.2, 0.25) is 0 Å². The van der Waals surface area contributed by atoms with Crippen molar-refractivity contribution in [2.24, 2.45) is 5.73 Å². The van der Waals surface area contributed by atoms with Crippen molar-refractivity contribution in [2.45, 2.75) is 26.9 Å². The molecule has 2 aromatic heterocycles. The molecular weight excluding hydrogens is 236 g/mol. The third-order valence-electron chi connectivity index (χ3n) is 2.68. The Balaban J connectivity index is 2.28. The van der Waals surface area contributed by atoms with E-state index in [0.717, 1.165) is 27.8 Å². The number of aromatic nitrogens is 3. The van der Waals surface area contributed by atoms with Gasteiger partial charge in [0, 0.05) is 6.54 Å². The number of aryl methyl sites for hydroxylation is 1. The van der Waals surface area contributed by atoms with Crippen molar-refractivity contribution in [2.75, 3.05) is 0 Å². The first-order valence-electron chi connectivity index (χ1n) is 5.46. The van der Waals surface area contributed by atoms with E-state index in [-0.39, 0.29) is 0 Å². The van der Waals surface area contributed by atoms with Gasteiger partial charge in [-0.05, 0) is 26.0 Å². The van der Waals surface area contributed by atoms with Crippen molar-refractivity contribution >= 4 is 11.6 Å². The third-order valence-corrected chi connectivity index (χ3v) is 3.23. The highest BCUT2D eigenvalue weighted by molar-refractivity contribution is 6.31. The zero-order valence-corrected chi connectivity index (χ0v) is 10.7. The molecule has 2 heterocycles. The van der Waals surface area contributed by atoms with Crippen molar-refractivity contribution in [1.29, 1.82) is 0 Å². The Hall–Kier alpha value is -1.39. The molecule has 4 nitrogen and oxygen atoms in total. The second-order valence-electron chi connectivity index (χ2n) is 3.97. The maximum absolute atomic E-state index is 6.10. The summed E-state index contributed by atoms with van der Waals surface area (Å²) in [6, 6.07) is 5.83. The SMILES string of the molecule is Cc1nn(Cc2cccc(CN)n2)c(C)c1Cl. The van der Waals surface area contributed by atoms with Crippen molar-refractivity contribution in [3.8, 4) is 0 Å². The molecule has 0 aliphatic heterocycles. The van der Waals surface area contributed by atoms with Gasteiger partial charge in [0.25, 0.3) is 0 Å². The molecule has 90 valence electrons. The summed E-state index contributed by atoms with van der Waals surface area (Å²) >= 11 is 6.10. The molecule has 0 atom stereocenters. The van der Waals surface area contributed by atoms with Crippen LogP contribution in [-0.4, -0.2) is 14.8 Å². The van der Waals surface area contributed by atoms with Crippen LogP contribution in [0.2, 0.25) is 5.02 Å². The molecule has 5 heteroatoms. The van der Waals surface area contributed by atoms with E-state index in [4.69, 9.17) is 17.3 Å². The van der Waals surface area contributed by atoms with E-state index in [1.165, 1.54) is 0 Å². The summed E-state index contributed by atoms with van der Waals surface area (Å²) in [4.78, 5) is 4.44. The molecule has 0 amide bonds. The van der Waals surface area contributed by atoms with Crippen molar-refractivity contribution < 1.29 is 0 Å². The number of hydrogen-bond acceptors (Lipinski definition) is 3. The van der Waals surface area contributed by atoms with E-state index in [9.17, 15) is 0 Å². The van der Waals surface area contributed by atoms with E-state index in [1.54, 1.807) is 0 Å². The average Bonchev–Trinajstić information content (AvgIpc) is 2.57. The summed E-state index contributed by atoms with van der Waals surface area (Å²) in [6.45, 7) is 4.92. The quantitative estimate of drug-likeness (QED) is 0.907. The molecule has 0 bridgehead atoms. The van der Waals surface area contributed by atoms with Crippen LogP contribution in [-0.2, 0) is 13.1 Å². The zero-order valence-electron chi connectivity index (χ0n) is 9.94. The highest BCUT2D eigenvalue weighted by Gasteiger charge is 2.09. The molecule has 0 unspecified atom stereocenters. The van der Waals surface area contributed by atoms with E-state index in [1.807, 2.05) is 36.7 Å². The summed E-state index contributed by atoms with van der Waals surface area (Å²) in [5, 5.41) is 5.10. The van der Waals surface area contributed by atoms with Gasteiger partial charge >= 0.3 is 0 Å². The van der Waals surface area contributed by atoms with Gasteiger partial charge in [0.05, 0.1) is 34.3 Å². The summed E-state index contributed by atoms with van der Waals surface area (Å²) in [5.41, 5.74) is 9.20. The number of hydrogen-bond donors (Lipinski definition) is 1. The normalized spacial score (nSPS) is 10.8. The van der Waals surface area contributed by atoms with Crippen LogP contribution in [0.25, 0.3) is 0 Å². The summed E-state index contributed by atoms with van der Waals surface area (Å²) in [6.07, 6.45) is 0. The maximum Gasteiger partial charge on any atom is 0.0844 e. The number of halogens is 1. The molecule has 0 aromatic carbocycles. The Morgan fingerprint density at radius 2 is 2.00 bits per heavy atom. The summed E-state index contributed by atoms with van der Waals surface area (Å²) < 4.78 is 1.86. The largest absolute Gasteiger partial charge is 0.325 e. The molecule has 0 aliphatic rings. The molecule has 0 radical (unpaired) electrons. The molecule has 0 saturated heterocycles. The standard InChI is InChI=1S/C12H15ClN4/c1-8-12(13)9(2)17(16-8)7-11-5-3-4-10(6-14)15-11/h3-5H,6-7,14H2,1-2H3. The molecule has 2 N–H and O–H groups in total. The van der Waals surface area contributed by atoms with Crippen molar-refractivity contribution in [1.82, 2.24) is 14.8 Å². The predicted octanol–water partition coefficient (Wildman–Crippen LogP) is 2.06. The van der Waals surface area contributed by atoms with Crippen LogP contribution in [0.15, 0.2) is 18.2 Å². The van der Waals surface area contributed by atoms with Crippen LogP contribution < -0.4 is 5.73 Å². The Bertz CT molecular complexity index is 533. The predicted molar refractivity (Wildman–Crippen MR) is 67.9 cm³/mol. The van der Waals surface area contributed by atoms with Gasteiger partial charge < -0.3 is 5.73 Å². The van der Waals surface area contributed by atoms with Crippen LogP contribution in [0.3, 0.4) is 0 Å². The Morgan fingerprint density at radius 1 is 1.29 bits per heavy atom. The minimum atomic E-state index is 0.450. The molecule has 2 rings (SSSR count). The Kier molecular flexibility index (Phi) is 3.45. The number of nitrogens with two attached hydrogens (primary N) is 1. The molecule has 0 fully saturated rings. The first-order chi connectivity index (χ1) is 8.11. The van der Waals surface area contributed by atoms with Crippen LogP contribution in [0.1, 0.15) is 22.8 Å². The van der Waals surface area contributed by atoms with E-state index in [0.29, 0.717) is 13.1 Å². The molecule has 0 aliphatic carbocycles. The van der Waals surface area contributed by atoms with Crippen LogP contribution in [0.5, 0.6) is 0 Å². The highest BCUT2D eigenvalue weighted by atomic mass is 35.5. The lowest BCUT2D eigenvalue weighted by atomic mass is 10.3. The van der Waals surface area contributed by atoms with Gasteiger partial charge in [-0.3, -0.25) is 9.67 Å². The van der Waals surface area contributed by atoms with Gasteiger partial charge in [-0.2, -0.15) is 5.10 Å².